The van der Waals surface area contributed by atoms with Crippen molar-refractivity contribution in [1.82, 2.24) is 0 Å². The Balaban J connectivity index is 5.35. The van der Waals surface area contributed by atoms with Gasteiger partial charge in [0.25, 0.3) is 0 Å². The van der Waals surface area contributed by atoms with Crippen LogP contribution in [0, 0.1) is 0 Å². The van der Waals surface area contributed by atoms with E-state index in [1.54, 1.807) is 6.58 Å². The zero-order chi connectivity index (χ0) is 11.1. The second-order valence-corrected chi connectivity index (χ2v) is 2.06. The molecule has 0 N–H and O–H groups in total. The van der Waals surface area contributed by atoms with Crippen molar-refractivity contribution in [1.29, 1.82) is 0 Å². The van der Waals surface area contributed by atoms with E-state index in [1.807, 2.05) is 0 Å². The number of hydrogen-bond acceptors (Lipinski definition) is 0. The van der Waals surface area contributed by atoms with Crippen molar-refractivity contribution in [3.63, 3.8) is 0 Å². The van der Waals surface area contributed by atoms with E-state index in [1.165, 1.54) is 0 Å². The van der Waals surface area contributed by atoms with Gasteiger partial charge >= 0.3 is 18.0 Å². The minimum atomic E-state index is -6.41. The Morgan fingerprint density at radius 1 is 0.769 bits per heavy atom. The van der Waals surface area contributed by atoms with Gasteiger partial charge in [0.15, 0.2) is 0 Å². The van der Waals surface area contributed by atoms with Gasteiger partial charge in [0.1, 0.15) is 5.83 Å². The van der Waals surface area contributed by atoms with Crippen LogP contribution in [0.2, 0.25) is 0 Å². The van der Waals surface area contributed by atoms with Crippen molar-refractivity contribution in [2.75, 3.05) is 0 Å². The maximum atomic E-state index is 12.2. The average Bonchev–Trinajstić information content (AvgIpc) is 1.80. The van der Waals surface area contributed by atoms with Gasteiger partial charge in [-0.2, -0.15) is 26.3 Å². The predicted octanol–water partition coefficient (Wildman–Crippen LogP) is 3.30. The molecular weight excluding hydrogens is 212 g/mol. The molecule has 0 aliphatic carbocycles. The molecule has 0 aromatic carbocycles. The van der Waals surface area contributed by atoms with Crippen molar-refractivity contribution < 1.29 is 35.1 Å². The van der Waals surface area contributed by atoms with Gasteiger partial charge in [0, 0.05) is 0 Å². The Kier molecular flexibility index (Phi) is 2.67. The van der Waals surface area contributed by atoms with E-state index >= 15 is 0 Å². The molecule has 0 nitrogen and oxygen atoms in total. The second-order valence-electron chi connectivity index (χ2n) is 2.06. The van der Waals surface area contributed by atoms with Gasteiger partial charge in [-0.3, -0.25) is 0 Å². The van der Waals surface area contributed by atoms with Crippen LogP contribution in [0.3, 0.4) is 0 Å². The molecule has 0 radical (unpaired) electrons. The van der Waals surface area contributed by atoms with Crippen LogP contribution < -0.4 is 0 Å². The lowest BCUT2D eigenvalue weighted by molar-refractivity contribution is -0.330. The Labute approximate surface area is 66.8 Å². The van der Waals surface area contributed by atoms with Crippen molar-refractivity contribution in [3.05, 3.63) is 12.4 Å². The molecule has 0 aliphatic rings. The Hall–Kier alpha value is -0.820. The minimum absolute atomic E-state index is 1.68. The van der Waals surface area contributed by atoms with Gasteiger partial charge in [-0.25, -0.2) is 8.78 Å². The fourth-order valence-electron chi connectivity index (χ4n) is 0.468. The Bertz CT molecular complexity index is 194. The van der Waals surface area contributed by atoms with Gasteiger partial charge in [-0.15, -0.1) is 0 Å². The van der Waals surface area contributed by atoms with E-state index in [9.17, 15) is 35.1 Å². The smallest absolute Gasteiger partial charge is 0.216 e. The third kappa shape index (κ3) is 1.75. The normalized spacial score (nSPS) is 14.5. The summed E-state index contributed by atoms with van der Waals surface area (Å²) >= 11 is 0. The molecule has 0 aromatic heterocycles. The van der Waals surface area contributed by atoms with Crippen LogP contribution in [0.4, 0.5) is 35.1 Å². The van der Waals surface area contributed by atoms with E-state index < -0.39 is 23.8 Å². The van der Waals surface area contributed by atoms with Crippen molar-refractivity contribution in [3.8, 4) is 0 Å². The van der Waals surface area contributed by atoms with Crippen LogP contribution in [-0.2, 0) is 0 Å². The molecule has 0 saturated carbocycles. The maximum absolute atomic E-state index is 12.2. The van der Waals surface area contributed by atoms with Crippen LogP contribution in [-0.4, -0.2) is 18.0 Å². The van der Waals surface area contributed by atoms with Crippen LogP contribution in [0.1, 0.15) is 0 Å². The molecule has 0 aliphatic heterocycles. The predicted molar refractivity (Wildman–Crippen MR) is 26.2 cm³/mol. The van der Waals surface area contributed by atoms with Crippen molar-refractivity contribution in [2.24, 2.45) is 0 Å². The molecule has 0 saturated heterocycles. The fraction of sp³-hybridized carbons (Fsp3) is 0.600. The molecule has 0 amide bonds. The highest BCUT2D eigenvalue weighted by atomic mass is 19.4. The second kappa shape index (κ2) is 2.85. The highest BCUT2D eigenvalue weighted by Crippen LogP contribution is 2.50. The maximum Gasteiger partial charge on any atom is 0.438 e. The summed E-state index contributed by atoms with van der Waals surface area (Å²) in [5.41, 5.74) is -5.99. The quantitative estimate of drug-likeness (QED) is 0.587. The monoisotopic (exact) mass is 214 g/mol. The van der Waals surface area contributed by atoms with E-state index in [4.69, 9.17) is 0 Å². The zero-order valence-corrected chi connectivity index (χ0v) is 5.73. The third-order valence-corrected chi connectivity index (χ3v) is 1.16. The standard InChI is InChI=1S/C5H2F8/c1-2(6)3(7,4(8,9)10)5(11,12)13/h1H2. The van der Waals surface area contributed by atoms with Gasteiger partial charge in [0.2, 0.25) is 0 Å². The van der Waals surface area contributed by atoms with Gasteiger partial charge in [0.05, 0.1) is 0 Å². The third-order valence-electron chi connectivity index (χ3n) is 1.16. The van der Waals surface area contributed by atoms with E-state index in [2.05, 4.69) is 0 Å². The molecule has 0 rings (SSSR count). The molecule has 0 unspecified atom stereocenters. The SMILES string of the molecule is C=C(F)C(F)(C(F)(F)F)C(F)(F)F. The van der Waals surface area contributed by atoms with E-state index in [0.717, 1.165) is 0 Å². The number of rotatable bonds is 1. The lowest BCUT2D eigenvalue weighted by Crippen LogP contribution is -2.53. The number of hydrogen-bond donors (Lipinski definition) is 0. The van der Waals surface area contributed by atoms with Crippen LogP contribution in [0.5, 0.6) is 0 Å². The van der Waals surface area contributed by atoms with Crippen LogP contribution in [0.25, 0.3) is 0 Å². The summed E-state index contributed by atoms with van der Waals surface area (Å²) < 4.78 is 92.7. The topological polar surface area (TPSA) is 0 Å². The van der Waals surface area contributed by atoms with Crippen LogP contribution in [0.15, 0.2) is 12.4 Å². The first kappa shape index (κ1) is 12.2. The first-order chi connectivity index (χ1) is 5.44. The molecular formula is C5H2F8. The summed E-state index contributed by atoms with van der Waals surface area (Å²) in [6.45, 7) is 1.68. The molecule has 0 fully saturated rings. The summed E-state index contributed by atoms with van der Waals surface area (Å²) in [7, 11) is 0. The summed E-state index contributed by atoms with van der Waals surface area (Å²) in [6, 6.07) is 0. The molecule has 0 aromatic rings. The largest absolute Gasteiger partial charge is 0.438 e. The molecule has 78 valence electrons. The Morgan fingerprint density at radius 2 is 1.00 bits per heavy atom. The van der Waals surface area contributed by atoms with E-state index in [-0.39, 0.29) is 0 Å². The Morgan fingerprint density at radius 3 is 1.00 bits per heavy atom. The zero-order valence-electron chi connectivity index (χ0n) is 5.73. The highest BCUT2D eigenvalue weighted by molar-refractivity contribution is 5.14. The highest BCUT2D eigenvalue weighted by Gasteiger charge is 2.75. The number of halogens is 8. The molecule has 8 heteroatoms. The molecule has 0 atom stereocenters. The lowest BCUT2D eigenvalue weighted by Gasteiger charge is -2.27. The lowest BCUT2D eigenvalue weighted by atomic mass is 10.0. The van der Waals surface area contributed by atoms with Gasteiger partial charge in [-0.05, 0) is 0 Å². The molecule has 0 spiro atoms. The fourth-order valence-corrected chi connectivity index (χ4v) is 0.468. The summed E-state index contributed by atoms with van der Waals surface area (Å²) in [5.74, 6) is -3.13. The van der Waals surface area contributed by atoms with E-state index in [0.29, 0.717) is 0 Å². The van der Waals surface area contributed by atoms with Crippen molar-refractivity contribution in [2.45, 2.75) is 18.0 Å². The summed E-state index contributed by atoms with van der Waals surface area (Å²) in [4.78, 5) is 0. The first-order valence-electron chi connectivity index (χ1n) is 2.62. The van der Waals surface area contributed by atoms with Gasteiger partial charge in [-0.1, -0.05) is 6.58 Å². The number of alkyl halides is 7. The average molecular weight is 214 g/mol. The number of allylic oxidation sites excluding steroid dienone is 1. The summed E-state index contributed by atoms with van der Waals surface area (Å²) in [5, 5.41) is 0. The molecule has 0 heterocycles. The molecule has 13 heavy (non-hydrogen) atoms. The van der Waals surface area contributed by atoms with Gasteiger partial charge < -0.3 is 0 Å². The minimum Gasteiger partial charge on any atom is -0.216 e. The summed E-state index contributed by atoms with van der Waals surface area (Å²) in [6.07, 6.45) is -12.8. The van der Waals surface area contributed by atoms with Crippen LogP contribution >= 0.6 is 0 Å². The van der Waals surface area contributed by atoms with Crippen molar-refractivity contribution >= 4 is 0 Å². The molecule has 0 bridgehead atoms. The first-order valence-corrected chi connectivity index (χ1v) is 2.62.